The average molecular weight is 323 g/mol. The van der Waals surface area contributed by atoms with Crippen LogP contribution in [0.25, 0.3) is 0 Å². The summed E-state index contributed by atoms with van der Waals surface area (Å²) in [6, 6.07) is 11.5. The lowest BCUT2D eigenvalue weighted by atomic mass is 10.1. The van der Waals surface area contributed by atoms with E-state index in [1.165, 1.54) is 0 Å². The van der Waals surface area contributed by atoms with Crippen LogP contribution in [0.15, 0.2) is 41.8 Å². The molecule has 0 saturated heterocycles. The Labute approximate surface area is 134 Å². The zero-order valence-corrected chi connectivity index (χ0v) is 13.7. The number of carbonyl (C=O) groups is 1. The number of hydrogen-bond acceptors (Lipinski definition) is 3. The minimum absolute atomic E-state index is 0.00252. The predicted octanol–water partition coefficient (Wildman–Crippen LogP) is 3.76. The third kappa shape index (κ3) is 4.84. The molecule has 0 fully saturated rings. The number of hydrogen-bond donors (Lipinski definition) is 2. The van der Waals surface area contributed by atoms with E-state index >= 15 is 0 Å². The molecule has 0 spiro atoms. The Morgan fingerprint density at radius 3 is 2.76 bits per heavy atom. The van der Waals surface area contributed by atoms with Crippen LogP contribution in [-0.2, 0) is 11.3 Å². The van der Waals surface area contributed by atoms with Crippen LogP contribution in [-0.4, -0.2) is 11.9 Å². The summed E-state index contributed by atoms with van der Waals surface area (Å²) in [6.07, 6.45) is 0. The highest BCUT2D eigenvalue weighted by Crippen LogP contribution is 2.17. The molecule has 0 radical (unpaired) electrons. The minimum atomic E-state index is -0.265. The lowest BCUT2D eigenvalue weighted by Crippen LogP contribution is -2.42. The standard InChI is InChI=1S/C16H19ClN2OS/c1-11(13-5-3-6-14(17)9-13)19-12(2)16(20)18-10-15-7-4-8-21-15/h3-9,11-12,19H,10H2,1-2H3,(H,18,20)/t11-,12-/m1/s1. The summed E-state index contributed by atoms with van der Waals surface area (Å²) >= 11 is 7.63. The molecule has 2 rings (SSSR count). The first kappa shape index (κ1) is 16.0. The van der Waals surface area contributed by atoms with Gasteiger partial charge in [-0.05, 0) is 43.0 Å². The first-order valence-electron chi connectivity index (χ1n) is 6.88. The molecule has 2 atom stereocenters. The van der Waals surface area contributed by atoms with Gasteiger partial charge in [0.15, 0.2) is 0 Å². The van der Waals surface area contributed by atoms with E-state index in [9.17, 15) is 4.79 Å². The third-order valence-electron chi connectivity index (χ3n) is 3.26. The van der Waals surface area contributed by atoms with Crippen LogP contribution < -0.4 is 10.6 Å². The van der Waals surface area contributed by atoms with Crippen molar-refractivity contribution in [2.75, 3.05) is 0 Å². The second-order valence-corrected chi connectivity index (χ2v) is 6.43. The highest BCUT2D eigenvalue weighted by Gasteiger charge is 2.16. The molecule has 2 aromatic rings. The van der Waals surface area contributed by atoms with E-state index in [2.05, 4.69) is 10.6 Å². The Hall–Kier alpha value is -1.36. The zero-order valence-electron chi connectivity index (χ0n) is 12.1. The number of rotatable bonds is 6. The Bertz CT molecular complexity index is 586. The lowest BCUT2D eigenvalue weighted by molar-refractivity contribution is -0.123. The summed E-state index contributed by atoms with van der Waals surface area (Å²) in [4.78, 5) is 13.2. The maximum Gasteiger partial charge on any atom is 0.237 e. The SMILES string of the molecule is C[C@@H](N[C@H](C)c1cccc(Cl)c1)C(=O)NCc1cccs1. The molecule has 0 saturated carbocycles. The highest BCUT2D eigenvalue weighted by molar-refractivity contribution is 7.09. The van der Waals surface area contributed by atoms with E-state index in [0.717, 1.165) is 10.4 Å². The van der Waals surface area contributed by atoms with E-state index in [4.69, 9.17) is 11.6 Å². The molecular formula is C16H19ClN2OS. The molecule has 5 heteroatoms. The molecule has 1 heterocycles. The van der Waals surface area contributed by atoms with Gasteiger partial charge in [-0.3, -0.25) is 10.1 Å². The van der Waals surface area contributed by atoms with Crippen LogP contribution in [0.3, 0.4) is 0 Å². The van der Waals surface area contributed by atoms with Gasteiger partial charge in [-0.25, -0.2) is 0 Å². The van der Waals surface area contributed by atoms with Crippen LogP contribution >= 0.6 is 22.9 Å². The first-order valence-corrected chi connectivity index (χ1v) is 8.13. The summed E-state index contributed by atoms with van der Waals surface area (Å²) in [5.74, 6) is -0.00252. The van der Waals surface area contributed by atoms with Crippen molar-refractivity contribution in [2.24, 2.45) is 0 Å². The van der Waals surface area contributed by atoms with Crippen molar-refractivity contribution in [3.63, 3.8) is 0 Å². The number of thiophene rings is 1. The van der Waals surface area contributed by atoms with Gasteiger partial charge >= 0.3 is 0 Å². The zero-order chi connectivity index (χ0) is 15.2. The van der Waals surface area contributed by atoms with Crippen LogP contribution in [0.5, 0.6) is 0 Å². The number of halogens is 1. The summed E-state index contributed by atoms with van der Waals surface area (Å²) in [5, 5.41) is 8.93. The van der Waals surface area contributed by atoms with E-state index in [0.29, 0.717) is 11.6 Å². The average Bonchev–Trinajstić information content (AvgIpc) is 2.97. The van der Waals surface area contributed by atoms with E-state index in [-0.39, 0.29) is 18.0 Å². The van der Waals surface area contributed by atoms with Crippen molar-refractivity contribution in [1.29, 1.82) is 0 Å². The molecule has 21 heavy (non-hydrogen) atoms. The number of carbonyl (C=O) groups excluding carboxylic acids is 1. The van der Waals surface area contributed by atoms with Crippen LogP contribution in [0, 0.1) is 0 Å². The van der Waals surface area contributed by atoms with E-state index in [1.807, 2.05) is 55.6 Å². The van der Waals surface area contributed by atoms with Crippen molar-refractivity contribution in [3.8, 4) is 0 Å². The molecule has 3 nitrogen and oxygen atoms in total. The van der Waals surface area contributed by atoms with Gasteiger partial charge in [-0.2, -0.15) is 0 Å². The second-order valence-electron chi connectivity index (χ2n) is 4.96. The Morgan fingerprint density at radius 1 is 1.29 bits per heavy atom. The molecule has 0 aliphatic carbocycles. The molecule has 2 N–H and O–H groups in total. The van der Waals surface area contributed by atoms with E-state index < -0.39 is 0 Å². The molecule has 0 unspecified atom stereocenters. The van der Waals surface area contributed by atoms with Gasteiger partial charge in [0.1, 0.15) is 0 Å². The number of amides is 1. The van der Waals surface area contributed by atoms with Crippen molar-refractivity contribution < 1.29 is 4.79 Å². The van der Waals surface area contributed by atoms with Crippen molar-refractivity contribution in [2.45, 2.75) is 32.5 Å². The van der Waals surface area contributed by atoms with Crippen molar-refractivity contribution in [1.82, 2.24) is 10.6 Å². The first-order chi connectivity index (χ1) is 10.1. The van der Waals surface area contributed by atoms with Crippen LogP contribution in [0.4, 0.5) is 0 Å². The maximum absolute atomic E-state index is 12.1. The molecule has 1 aromatic heterocycles. The summed E-state index contributed by atoms with van der Waals surface area (Å²) in [6.45, 7) is 4.47. The molecular weight excluding hydrogens is 304 g/mol. The van der Waals surface area contributed by atoms with Gasteiger partial charge in [-0.1, -0.05) is 29.8 Å². The van der Waals surface area contributed by atoms with Crippen molar-refractivity contribution >= 4 is 28.8 Å². The Kier molecular flexibility index (Phi) is 5.79. The van der Waals surface area contributed by atoms with Gasteiger partial charge in [0.2, 0.25) is 5.91 Å². The van der Waals surface area contributed by atoms with Gasteiger partial charge in [0.05, 0.1) is 12.6 Å². The molecule has 1 aromatic carbocycles. The predicted molar refractivity (Wildman–Crippen MR) is 88.6 cm³/mol. The fourth-order valence-electron chi connectivity index (χ4n) is 2.06. The van der Waals surface area contributed by atoms with Gasteiger partial charge in [0, 0.05) is 15.9 Å². The van der Waals surface area contributed by atoms with Gasteiger partial charge in [-0.15, -0.1) is 11.3 Å². The van der Waals surface area contributed by atoms with E-state index in [1.54, 1.807) is 11.3 Å². The molecule has 0 aliphatic rings. The van der Waals surface area contributed by atoms with Gasteiger partial charge in [0.25, 0.3) is 0 Å². The highest BCUT2D eigenvalue weighted by atomic mass is 35.5. The van der Waals surface area contributed by atoms with Crippen LogP contribution in [0.1, 0.15) is 30.3 Å². The summed E-state index contributed by atoms with van der Waals surface area (Å²) in [5.41, 5.74) is 1.07. The second kappa shape index (κ2) is 7.59. The normalized spacial score (nSPS) is 13.7. The minimum Gasteiger partial charge on any atom is -0.350 e. The van der Waals surface area contributed by atoms with Crippen molar-refractivity contribution in [3.05, 3.63) is 57.2 Å². The fraction of sp³-hybridized carbons (Fsp3) is 0.312. The van der Waals surface area contributed by atoms with Crippen LogP contribution in [0.2, 0.25) is 5.02 Å². The smallest absolute Gasteiger partial charge is 0.237 e. The Balaban J connectivity index is 1.85. The summed E-state index contributed by atoms with van der Waals surface area (Å²) < 4.78 is 0. The topological polar surface area (TPSA) is 41.1 Å². The molecule has 0 bridgehead atoms. The van der Waals surface area contributed by atoms with Gasteiger partial charge < -0.3 is 5.32 Å². The molecule has 0 aliphatic heterocycles. The maximum atomic E-state index is 12.1. The fourth-order valence-corrected chi connectivity index (χ4v) is 2.91. The quantitative estimate of drug-likeness (QED) is 0.850. The number of nitrogens with one attached hydrogen (secondary N) is 2. The number of benzene rings is 1. The molecule has 112 valence electrons. The third-order valence-corrected chi connectivity index (χ3v) is 4.37. The summed E-state index contributed by atoms with van der Waals surface area (Å²) in [7, 11) is 0. The largest absolute Gasteiger partial charge is 0.350 e. The lowest BCUT2D eigenvalue weighted by Gasteiger charge is -2.20. The monoisotopic (exact) mass is 322 g/mol. The Morgan fingerprint density at radius 2 is 2.10 bits per heavy atom. The molecule has 1 amide bonds.